The third kappa shape index (κ3) is 6.48. The van der Waals surface area contributed by atoms with Gasteiger partial charge in [-0.25, -0.2) is 4.39 Å². The topological polar surface area (TPSA) is 48.9 Å². The van der Waals surface area contributed by atoms with Gasteiger partial charge in [0.15, 0.2) is 17.5 Å². The number of ether oxygens (including phenoxy) is 1. The van der Waals surface area contributed by atoms with Crippen molar-refractivity contribution < 1.29 is 9.13 Å². The fourth-order valence-corrected chi connectivity index (χ4v) is 3.33. The maximum absolute atomic E-state index is 14.3. The molecule has 0 aromatic heterocycles. The molecule has 1 aromatic carbocycles. The van der Waals surface area contributed by atoms with E-state index in [4.69, 9.17) is 4.74 Å². The molecule has 7 heteroatoms. The Labute approximate surface area is 179 Å². The van der Waals surface area contributed by atoms with Crippen molar-refractivity contribution in [2.75, 3.05) is 33.8 Å². The predicted octanol–water partition coefficient (Wildman–Crippen LogP) is 3.55. The van der Waals surface area contributed by atoms with Crippen LogP contribution in [-0.4, -0.2) is 50.7 Å². The molecule has 1 aliphatic heterocycles. The maximum atomic E-state index is 14.3. The highest BCUT2D eigenvalue weighted by molar-refractivity contribution is 14.0. The number of hydrogen-bond acceptors (Lipinski definition) is 3. The molecule has 152 valence electrons. The Hall–Kier alpha value is -1.09. The molecule has 27 heavy (non-hydrogen) atoms. The third-order valence-electron chi connectivity index (χ3n) is 5.38. The number of hydrogen-bond donors (Lipinski definition) is 2. The van der Waals surface area contributed by atoms with E-state index in [1.54, 1.807) is 19.2 Å². The lowest BCUT2D eigenvalue weighted by molar-refractivity contribution is 0.285. The minimum atomic E-state index is -0.299. The molecule has 1 heterocycles. The summed E-state index contributed by atoms with van der Waals surface area (Å²) in [5.74, 6) is 1.40. The average molecular weight is 490 g/mol. The molecule has 5 nitrogen and oxygen atoms in total. The maximum Gasteiger partial charge on any atom is 0.191 e. The average Bonchev–Trinajstić information content (AvgIpc) is 3.38. The van der Waals surface area contributed by atoms with E-state index in [9.17, 15) is 4.39 Å². The van der Waals surface area contributed by atoms with Gasteiger partial charge in [-0.3, -0.25) is 4.99 Å². The van der Waals surface area contributed by atoms with Crippen LogP contribution >= 0.6 is 24.0 Å². The van der Waals surface area contributed by atoms with Crippen molar-refractivity contribution in [2.24, 2.45) is 10.9 Å². The van der Waals surface area contributed by atoms with Crippen LogP contribution in [0.2, 0.25) is 0 Å². The lowest BCUT2D eigenvalue weighted by atomic mass is 10.1. The van der Waals surface area contributed by atoms with Crippen LogP contribution in [-0.2, 0) is 0 Å². The number of rotatable bonds is 7. The van der Waals surface area contributed by atoms with Crippen molar-refractivity contribution in [3.63, 3.8) is 0 Å². The highest BCUT2D eigenvalue weighted by Gasteiger charge is 2.23. The Kier molecular flexibility index (Phi) is 8.60. The zero-order valence-corrected chi connectivity index (χ0v) is 18.8. The molecule has 2 fully saturated rings. The van der Waals surface area contributed by atoms with Crippen molar-refractivity contribution in [1.82, 2.24) is 15.5 Å². The number of aliphatic imine (C=N–C) groups is 1. The first-order chi connectivity index (χ1) is 12.6. The smallest absolute Gasteiger partial charge is 0.191 e. The largest absolute Gasteiger partial charge is 0.490 e. The summed E-state index contributed by atoms with van der Waals surface area (Å²) < 4.78 is 19.9. The second-order valence-corrected chi connectivity index (χ2v) is 7.54. The Morgan fingerprint density at radius 2 is 2.15 bits per heavy atom. The molecule has 2 aliphatic rings. The Balaban J connectivity index is 0.00000261. The second kappa shape index (κ2) is 10.5. The van der Waals surface area contributed by atoms with Crippen LogP contribution in [0.1, 0.15) is 44.2 Å². The summed E-state index contributed by atoms with van der Waals surface area (Å²) in [6.07, 6.45) is 4.86. The molecule has 2 N–H and O–H groups in total. The molecule has 0 bridgehead atoms. The van der Waals surface area contributed by atoms with Crippen LogP contribution in [0, 0.1) is 11.7 Å². The highest BCUT2D eigenvalue weighted by Crippen LogP contribution is 2.30. The third-order valence-corrected chi connectivity index (χ3v) is 5.38. The number of nitrogens with zero attached hydrogens (tertiary/aromatic N) is 2. The second-order valence-electron chi connectivity index (χ2n) is 7.54. The first-order valence-corrected chi connectivity index (χ1v) is 9.66. The number of nitrogens with one attached hydrogen (secondary N) is 2. The van der Waals surface area contributed by atoms with E-state index in [1.165, 1.54) is 25.7 Å². The molecule has 1 aliphatic carbocycles. The van der Waals surface area contributed by atoms with Gasteiger partial charge in [-0.2, -0.15) is 0 Å². The standard InChI is InChI=1S/C20H31FN4O.HI/c1-14(24-20(22-2)23-12-17-5-4-10-25(17)3)16-8-9-19(18(21)11-16)26-13-15-6-7-15;/h8-9,11,14-15,17H,4-7,10,12-13H2,1-3H3,(H2,22,23,24);1H. The zero-order valence-electron chi connectivity index (χ0n) is 16.5. The van der Waals surface area contributed by atoms with Gasteiger partial charge >= 0.3 is 0 Å². The normalized spacial score (nSPS) is 21.5. The van der Waals surface area contributed by atoms with Gasteiger partial charge in [0, 0.05) is 19.6 Å². The summed E-state index contributed by atoms with van der Waals surface area (Å²) in [6, 6.07) is 5.70. The van der Waals surface area contributed by atoms with E-state index in [0.29, 0.717) is 24.3 Å². The molecule has 0 spiro atoms. The van der Waals surface area contributed by atoms with E-state index in [1.807, 2.05) is 13.0 Å². The Morgan fingerprint density at radius 3 is 2.74 bits per heavy atom. The van der Waals surface area contributed by atoms with Crippen molar-refractivity contribution >= 4 is 29.9 Å². The van der Waals surface area contributed by atoms with E-state index >= 15 is 0 Å². The lowest BCUT2D eigenvalue weighted by Gasteiger charge is -2.23. The summed E-state index contributed by atoms with van der Waals surface area (Å²) in [7, 11) is 3.92. The quantitative estimate of drug-likeness (QED) is 0.349. The van der Waals surface area contributed by atoms with Crippen LogP contribution in [0.25, 0.3) is 0 Å². The summed E-state index contributed by atoms with van der Waals surface area (Å²) >= 11 is 0. The van der Waals surface area contributed by atoms with Gasteiger partial charge in [-0.05, 0) is 69.8 Å². The van der Waals surface area contributed by atoms with Gasteiger partial charge in [-0.1, -0.05) is 6.07 Å². The predicted molar refractivity (Wildman–Crippen MR) is 119 cm³/mol. The monoisotopic (exact) mass is 490 g/mol. The minimum absolute atomic E-state index is 0. The van der Waals surface area contributed by atoms with Crippen LogP contribution in [0.15, 0.2) is 23.2 Å². The van der Waals surface area contributed by atoms with Crippen LogP contribution in [0.3, 0.4) is 0 Å². The minimum Gasteiger partial charge on any atom is -0.490 e. The molecule has 2 atom stereocenters. The molecular formula is C20H32FIN4O. The van der Waals surface area contributed by atoms with Crippen molar-refractivity contribution in [3.05, 3.63) is 29.6 Å². The van der Waals surface area contributed by atoms with Gasteiger partial charge in [0.1, 0.15) is 0 Å². The molecule has 1 aromatic rings. The first-order valence-electron chi connectivity index (χ1n) is 9.66. The van der Waals surface area contributed by atoms with Crippen molar-refractivity contribution in [3.8, 4) is 5.75 Å². The Morgan fingerprint density at radius 1 is 1.37 bits per heavy atom. The van der Waals surface area contributed by atoms with Crippen LogP contribution in [0.5, 0.6) is 5.75 Å². The molecule has 0 amide bonds. The number of halogens is 2. The fourth-order valence-electron chi connectivity index (χ4n) is 3.33. The van der Waals surface area contributed by atoms with Gasteiger partial charge in [0.05, 0.1) is 12.6 Å². The number of likely N-dealkylation sites (N-methyl/N-ethyl adjacent to an activating group) is 1. The fraction of sp³-hybridized carbons (Fsp3) is 0.650. The number of guanidine groups is 1. The highest BCUT2D eigenvalue weighted by atomic mass is 127. The summed E-state index contributed by atoms with van der Waals surface area (Å²) in [4.78, 5) is 6.67. The van der Waals surface area contributed by atoms with E-state index < -0.39 is 0 Å². The zero-order chi connectivity index (χ0) is 18.5. The van der Waals surface area contributed by atoms with Crippen LogP contribution < -0.4 is 15.4 Å². The first kappa shape index (κ1) is 22.2. The van der Waals surface area contributed by atoms with E-state index in [0.717, 1.165) is 24.6 Å². The van der Waals surface area contributed by atoms with Crippen molar-refractivity contribution in [2.45, 2.75) is 44.7 Å². The Bertz CT molecular complexity index is 638. The summed E-state index contributed by atoms with van der Waals surface area (Å²) in [5, 5.41) is 6.73. The molecule has 3 rings (SSSR count). The van der Waals surface area contributed by atoms with Gasteiger partial charge in [0.2, 0.25) is 0 Å². The molecule has 1 saturated heterocycles. The van der Waals surface area contributed by atoms with E-state index in [-0.39, 0.29) is 35.8 Å². The lowest BCUT2D eigenvalue weighted by Crippen LogP contribution is -2.44. The van der Waals surface area contributed by atoms with Gasteiger partial charge < -0.3 is 20.3 Å². The summed E-state index contributed by atoms with van der Waals surface area (Å²) in [5.41, 5.74) is 0.877. The molecule has 2 unspecified atom stereocenters. The van der Waals surface area contributed by atoms with Crippen LogP contribution in [0.4, 0.5) is 4.39 Å². The molecule has 0 radical (unpaired) electrons. The van der Waals surface area contributed by atoms with Gasteiger partial charge in [-0.15, -0.1) is 24.0 Å². The molecule has 1 saturated carbocycles. The SMILES string of the molecule is CN=C(NCC1CCCN1C)NC(C)c1ccc(OCC2CC2)c(F)c1.I. The number of likely N-dealkylation sites (tertiary alicyclic amines) is 1. The van der Waals surface area contributed by atoms with Crippen molar-refractivity contribution in [1.29, 1.82) is 0 Å². The van der Waals surface area contributed by atoms with E-state index in [2.05, 4.69) is 27.6 Å². The number of benzene rings is 1. The van der Waals surface area contributed by atoms with Gasteiger partial charge in [0.25, 0.3) is 0 Å². The molecular weight excluding hydrogens is 458 g/mol. The summed E-state index contributed by atoms with van der Waals surface area (Å²) in [6.45, 7) is 4.65.